The molecule has 0 radical (unpaired) electrons. The molecule has 0 atom stereocenters. The van der Waals surface area contributed by atoms with Crippen molar-refractivity contribution in [3.05, 3.63) is 146 Å². The van der Waals surface area contributed by atoms with Gasteiger partial charge in [-0.25, -0.2) is 9.97 Å². The van der Waals surface area contributed by atoms with E-state index >= 15 is 0 Å². The lowest BCUT2D eigenvalue weighted by Gasteiger charge is -2.16. The Balaban J connectivity index is 0.000000162. The Bertz CT molecular complexity index is 3000. The van der Waals surface area contributed by atoms with Crippen molar-refractivity contribution in [2.75, 3.05) is 42.7 Å². The molecule has 0 unspecified atom stereocenters. The van der Waals surface area contributed by atoms with Gasteiger partial charge in [-0.05, 0) is 90.3 Å². The van der Waals surface area contributed by atoms with Gasteiger partial charge in [-0.1, -0.05) is 132 Å². The van der Waals surface area contributed by atoms with Gasteiger partial charge in [0, 0.05) is 34.0 Å². The zero-order valence-corrected chi connectivity index (χ0v) is 38.2. The van der Waals surface area contributed by atoms with E-state index in [0.29, 0.717) is 34.8 Å². The van der Waals surface area contributed by atoms with Gasteiger partial charge in [0.1, 0.15) is 0 Å². The number of alkyl halides is 3. The number of rotatable bonds is 8. The van der Waals surface area contributed by atoms with E-state index in [0.717, 1.165) is 65.6 Å². The highest BCUT2D eigenvalue weighted by Gasteiger charge is 2.20. The molecule has 0 saturated heterocycles. The zero-order chi connectivity index (χ0) is 44.9. The van der Waals surface area contributed by atoms with Crippen LogP contribution in [0.1, 0.15) is 0 Å². The molecule has 2 heterocycles. The van der Waals surface area contributed by atoms with E-state index in [1.807, 2.05) is 36.4 Å². The predicted molar refractivity (Wildman–Crippen MR) is 265 cm³/mol. The highest BCUT2D eigenvalue weighted by atomic mass is 35.6. The number of benzene rings is 8. The topological polar surface area (TPSA) is 81.2 Å². The van der Waals surface area contributed by atoms with Crippen LogP contribution in [0.4, 0.5) is 0 Å². The maximum absolute atomic E-state index is 5.58. The summed E-state index contributed by atoms with van der Waals surface area (Å²) in [5.41, 5.74) is 3.89. The highest BCUT2D eigenvalue weighted by Crippen LogP contribution is 2.44. The van der Waals surface area contributed by atoms with Crippen molar-refractivity contribution in [3.63, 3.8) is 0 Å². The fraction of sp³-hybridized carbons (Fsp3) is 0.132. The zero-order valence-electron chi connectivity index (χ0n) is 35.9. The van der Waals surface area contributed by atoms with Crippen LogP contribution in [0.15, 0.2) is 146 Å². The van der Waals surface area contributed by atoms with Crippen molar-refractivity contribution in [3.8, 4) is 57.3 Å². The number of methoxy groups -OCH3 is 6. The van der Waals surface area contributed by atoms with E-state index in [1.165, 1.54) is 21.5 Å². The summed E-state index contributed by atoms with van der Waals surface area (Å²) in [5, 5.41) is 13.2. The Morgan fingerprint density at radius 2 is 0.609 bits per heavy atom. The van der Waals surface area contributed by atoms with Gasteiger partial charge in [-0.2, -0.15) is 0 Å². The molecule has 0 spiro atoms. The van der Waals surface area contributed by atoms with Crippen molar-refractivity contribution in [2.24, 2.45) is 0 Å². The van der Waals surface area contributed by atoms with Crippen LogP contribution in [0.25, 0.3) is 87.1 Å². The van der Waals surface area contributed by atoms with Crippen LogP contribution in [0.3, 0.4) is 0 Å². The first-order valence-electron chi connectivity index (χ1n) is 20.2. The molecular formula is C53H43Cl3N2O6. The van der Waals surface area contributed by atoms with Crippen LogP contribution in [0.5, 0.6) is 34.8 Å². The maximum Gasteiger partial charge on any atom is 0.214 e. The van der Waals surface area contributed by atoms with E-state index in [2.05, 4.69) is 109 Å². The smallest absolute Gasteiger partial charge is 0.214 e. The molecule has 0 aliphatic carbocycles. The van der Waals surface area contributed by atoms with Gasteiger partial charge < -0.3 is 28.4 Å². The van der Waals surface area contributed by atoms with Gasteiger partial charge in [-0.15, -0.1) is 0 Å². The summed E-state index contributed by atoms with van der Waals surface area (Å²) in [6, 6.07) is 49.8. The molecule has 2 aromatic heterocycles. The third-order valence-electron chi connectivity index (χ3n) is 11.1. The van der Waals surface area contributed by atoms with E-state index in [1.54, 1.807) is 42.7 Å². The summed E-state index contributed by atoms with van der Waals surface area (Å²) in [4.78, 5) is 9.80. The van der Waals surface area contributed by atoms with Crippen molar-refractivity contribution in [1.82, 2.24) is 9.97 Å². The van der Waals surface area contributed by atoms with E-state index in [-0.39, 0.29) is 0 Å². The molecule has 322 valence electrons. The van der Waals surface area contributed by atoms with Crippen LogP contribution in [-0.4, -0.2) is 56.9 Å². The number of fused-ring (bicyclic) bond motifs is 6. The summed E-state index contributed by atoms with van der Waals surface area (Å²) >= 11 is 14.4. The normalized spacial score (nSPS) is 11.0. The third-order valence-corrected chi connectivity index (χ3v) is 11.1. The molecule has 64 heavy (non-hydrogen) atoms. The van der Waals surface area contributed by atoms with Crippen LogP contribution in [0, 0.1) is 0 Å². The molecule has 0 aliphatic heterocycles. The van der Waals surface area contributed by atoms with Crippen LogP contribution >= 0.6 is 34.8 Å². The highest BCUT2D eigenvalue weighted by molar-refractivity contribution is 6.63. The van der Waals surface area contributed by atoms with Gasteiger partial charge >= 0.3 is 0 Å². The number of pyridine rings is 2. The summed E-state index contributed by atoms with van der Waals surface area (Å²) in [6.07, 6.45) is 0. The molecule has 11 heteroatoms. The number of ether oxygens (including phenoxy) is 6. The van der Waals surface area contributed by atoms with Gasteiger partial charge in [-0.3, -0.25) is 0 Å². The monoisotopic (exact) mass is 908 g/mol. The number of hydrogen-bond acceptors (Lipinski definition) is 8. The molecule has 0 fully saturated rings. The molecule has 0 N–H and O–H groups in total. The van der Waals surface area contributed by atoms with Crippen LogP contribution in [-0.2, 0) is 0 Å². The number of aromatic nitrogens is 2. The second kappa shape index (κ2) is 19.4. The Hall–Kier alpha value is -6.71. The minimum atomic E-state index is -0.750. The predicted octanol–water partition coefficient (Wildman–Crippen LogP) is 14.5. The Labute approximate surface area is 385 Å². The average Bonchev–Trinajstić information content (AvgIpc) is 3.33. The largest absolute Gasteiger partial charge is 0.493 e. The lowest BCUT2D eigenvalue weighted by molar-refractivity contribution is 0.356. The third kappa shape index (κ3) is 8.65. The molecular weight excluding hydrogens is 867 g/mol. The van der Waals surface area contributed by atoms with Crippen molar-refractivity contribution < 1.29 is 28.4 Å². The van der Waals surface area contributed by atoms with E-state index in [9.17, 15) is 0 Å². The minimum absolute atomic E-state index is 0.557. The lowest BCUT2D eigenvalue weighted by Crippen LogP contribution is -1.96. The Kier molecular flexibility index (Phi) is 13.3. The second-order valence-corrected chi connectivity index (χ2v) is 16.5. The van der Waals surface area contributed by atoms with Crippen molar-refractivity contribution >= 4 is 99.4 Å². The molecule has 8 aromatic carbocycles. The quantitative estimate of drug-likeness (QED) is 0.110. The molecule has 0 aliphatic rings. The fourth-order valence-corrected chi connectivity index (χ4v) is 8.24. The first-order valence-corrected chi connectivity index (χ1v) is 21.5. The summed E-state index contributed by atoms with van der Waals surface area (Å²) < 4.78 is 32.6. The first-order chi connectivity index (χ1) is 31.2. The molecule has 10 aromatic rings. The number of hydrogen-bond donors (Lipinski definition) is 0. The number of nitrogens with zero attached hydrogens (tertiary/aromatic N) is 2. The average molecular weight is 910 g/mol. The van der Waals surface area contributed by atoms with Gasteiger partial charge in [0.15, 0.2) is 27.3 Å². The van der Waals surface area contributed by atoms with Crippen molar-refractivity contribution in [2.45, 2.75) is 4.30 Å². The van der Waals surface area contributed by atoms with E-state index < -0.39 is 4.30 Å². The van der Waals surface area contributed by atoms with E-state index in [4.69, 9.17) is 73.2 Å². The second-order valence-electron chi connectivity index (χ2n) is 14.5. The molecule has 0 amide bonds. The summed E-state index contributed by atoms with van der Waals surface area (Å²) in [6.45, 7) is 0. The van der Waals surface area contributed by atoms with Crippen molar-refractivity contribution in [1.29, 1.82) is 0 Å². The van der Waals surface area contributed by atoms with Gasteiger partial charge in [0.25, 0.3) is 0 Å². The van der Waals surface area contributed by atoms with Crippen LogP contribution < -0.4 is 28.4 Å². The number of halogens is 3. The first kappa shape index (κ1) is 43.9. The summed E-state index contributed by atoms with van der Waals surface area (Å²) in [5.74, 6) is 3.80. The molecule has 0 saturated carbocycles. The molecule has 10 rings (SSSR count). The SMILES string of the molecule is COc1cc2cc(OC)c(OC)cc2c(-c2c3ccccc3cc3ccccc23)n1.COc1cc2cc(OC)c(OC)cc2c(-c2c3ccccc3cc3ccccc23)n1.ClC(Cl)Cl. The lowest BCUT2D eigenvalue weighted by atomic mass is 9.92. The minimum Gasteiger partial charge on any atom is -0.493 e. The molecule has 8 nitrogen and oxygen atoms in total. The summed E-state index contributed by atoms with van der Waals surface area (Å²) in [7, 11) is 9.85. The van der Waals surface area contributed by atoms with Gasteiger partial charge in [0.05, 0.1) is 54.0 Å². The fourth-order valence-electron chi connectivity index (χ4n) is 8.24. The van der Waals surface area contributed by atoms with Gasteiger partial charge in [0.2, 0.25) is 11.8 Å². The Morgan fingerprint density at radius 1 is 0.328 bits per heavy atom. The maximum atomic E-state index is 5.58. The standard InChI is InChI=1S/2C26H21NO3.CHCl3/c2*1-28-22-13-18-14-24(30-3)27-26(21(18)15-23(22)29-2)25-19-10-6-4-8-16(19)12-17-9-5-7-11-20(17)25;2-1(3)4/h2*4-15H,1-3H3;1H. The molecule has 0 bridgehead atoms. The Morgan fingerprint density at radius 3 is 0.891 bits per heavy atom. The van der Waals surface area contributed by atoms with Crippen LogP contribution in [0.2, 0.25) is 0 Å².